The largest absolute Gasteiger partial charge is 0.399 e. The van der Waals surface area contributed by atoms with E-state index >= 15 is 0 Å². The second kappa shape index (κ2) is 5.85. The van der Waals surface area contributed by atoms with E-state index in [0.29, 0.717) is 0 Å². The minimum atomic E-state index is -0.190. The maximum atomic E-state index is 6.14. The summed E-state index contributed by atoms with van der Waals surface area (Å²) >= 11 is 0. The summed E-state index contributed by atoms with van der Waals surface area (Å²) < 4.78 is 0. The number of benzene rings is 4. The second-order valence-electron chi connectivity index (χ2n) is 7.42. The van der Waals surface area contributed by atoms with Crippen molar-refractivity contribution in [3.8, 4) is 22.3 Å². The van der Waals surface area contributed by atoms with Gasteiger partial charge in [-0.25, -0.2) is 0 Å². The van der Waals surface area contributed by atoms with Crippen LogP contribution in [0, 0.1) is 0 Å². The maximum Gasteiger partial charge on any atom is 0.0435 e. The van der Waals surface area contributed by atoms with Gasteiger partial charge in [-0.2, -0.15) is 0 Å². The van der Waals surface area contributed by atoms with Crippen LogP contribution in [0.4, 0.5) is 5.69 Å². The van der Waals surface area contributed by atoms with E-state index in [1.54, 1.807) is 0 Å². The van der Waals surface area contributed by atoms with Crippen LogP contribution in [-0.2, 0) is 5.41 Å². The first kappa shape index (κ1) is 15.9. The van der Waals surface area contributed by atoms with E-state index in [2.05, 4.69) is 97.9 Å². The zero-order chi connectivity index (χ0) is 18.4. The normalized spacial score (nSPS) is 17.4. The van der Waals surface area contributed by atoms with Gasteiger partial charge in [-0.15, -0.1) is 0 Å². The van der Waals surface area contributed by atoms with Crippen molar-refractivity contribution in [3.05, 3.63) is 114 Å². The van der Waals surface area contributed by atoms with Crippen LogP contribution < -0.4 is 5.73 Å². The summed E-state index contributed by atoms with van der Waals surface area (Å²) in [6.45, 7) is 2.33. The van der Waals surface area contributed by atoms with Crippen LogP contribution in [0.1, 0.15) is 23.6 Å². The molecular weight excluding hydrogens is 326 g/mol. The van der Waals surface area contributed by atoms with Crippen molar-refractivity contribution in [2.75, 3.05) is 5.73 Å². The summed E-state index contributed by atoms with van der Waals surface area (Å²) in [5.74, 6) is 0. The smallest absolute Gasteiger partial charge is 0.0435 e. The van der Waals surface area contributed by atoms with Gasteiger partial charge in [0.2, 0.25) is 0 Å². The molecule has 1 heteroatoms. The molecule has 1 aliphatic carbocycles. The van der Waals surface area contributed by atoms with Gasteiger partial charge in [-0.1, -0.05) is 78.9 Å². The predicted octanol–water partition coefficient (Wildman–Crippen LogP) is 6.27. The quantitative estimate of drug-likeness (QED) is 0.425. The SMILES string of the molecule is CC1(c2ccccc2)c2ccc(N)cc2-c2ccc(-c3ccccc3)cc21. The molecule has 130 valence electrons. The summed E-state index contributed by atoms with van der Waals surface area (Å²) in [5.41, 5.74) is 15.7. The molecule has 5 rings (SSSR count). The first-order valence-electron chi connectivity index (χ1n) is 9.34. The van der Waals surface area contributed by atoms with E-state index in [4.69, 9.17) is 5.73 Å². The van der Waals surface area contributed by atoms with Gasteiger partial charge >= 0.3 is 0 Å². The Bertz CT molecular complexity index is 1130. The highest BCUT2D eigenvalue weighted by Gasteiger charge is 2.40. The van der Waals surface area contributed by atoms with Crippen LogP contribution >= 0.6 is 0 Å². The zero-order valence-electron chi connectivity index (χ0n) is 15.3. The first-order chi connectivity index (χ1) is 13.2. The Hall–Kier alpha value is -3.32. The zero-order valence-corrected chi connectivity index (χ0v) is 15.3. The number of nitrogen functional groups attached to an aromatic ring is 1. The molecule has 0 radical (unpaired) electrons. The number of rotatable bonds is 2. The Labute approximate surface area is 160 Å². The molecule has 1 atom stereocenters. The maximum absolute atomic E-state index is 6.14. The second-order valence-corrected chi connectivity index (χ2v) is 7.42. The Kier molecular flexibility index (Phi) is 3.45. The molecule has 4 aromatic carbocycles. The molecule has 27 heavy (non-hydrogen) atoms. The van der Waals surface area contributed by atoms with Gasteiger partial charge in [-0.05, 0) is 64.1 Å². The van der Waals surface area contributed by atoms with E-state index in [0.717, 1.165) is 5.69 Å². The summed E-state index contributed by atoms with van der Waals surface area (Å²) in [4.78, 5) is 0. The van der Waals surface area contributed by atoms with Gasteiger partial charge in [0, 0.05) is 11.1 Å². The predicted molar refractivity (Wildman–Crippen MR) is 114 cm³/mol. The standard InChI is InChI=1S/C26H21N/c1-26(20-10-6-3-7-11-20)24-15-13-21(27)17-23(24)22-14-12-19(16-25(22)26)18-8-4-2-5-9-18/h2-17H,27H2,1H3. The highest BCUT2D eigenvalue weighted by atomic mass is 14.6. The van der Waals surface area contributed by atoms with Gasteiger partial charge in [0.15, 0.2) is 0 Å². The lowest BCUT2D eigenvalue weighted by Crippen LogP contribution is -2.22. The van der Waals surface area contributed by atoms with Crippen molar-refractivity contribution in [2.24, 2.45) is 0 Å². The average molecular weight is 347 g/mol. The number of hydrogen-bond donors (Lipinski definition) is 1. The van der Waals surface area contributed by atoms with Crippen molar-refractivity contribution in [1.29, 1.82) is 0 Å². The molecule has 0 amide bonds. The fraction of sp³-hybridized carbons (Fsp3) is 0.0769. The molecule has 0 aromatic heterocycles. The van der Waals surface area contributed by atoms with E-state index in [9.17, 15) is 0 Å². The van der Waals surface area contributed by atoms with E-state index in [1.165, 1.54) is 38.9 Å². The summed E-state index contributed by atoms with van der Waals surface area (Å²) in [5, 5.41) is 0. The lowest BCUT2D eigenvalue weighted by molar-refractivity contribution is 0.714. The molecule has 0 spiro atoms. The molecule has 1 nitrogen and oxygen atoms in total. The number of hydrogen-bond acceptors (Lipinski definition) is 1. The Morgan fingerprint density at radius 3 is 2.04 bits per heavy atom. The monoisotopic (exact) mass is 347 g/mol. The van der Waals surface area contributed by atoms with E-state index in [-0.39, 0.29) is 5.41 Å². The van der Waals surface area contributed by atoms with Crippen molar-refractivity contribution in [1.82, 2.24) is 0 Å². The van der Waals surface area contributed by atoms with Crippen molar-refractivity contribution >= 4 is 5.69 Å². The molecule has 0 heterocycles. The van der Waals surface area contributed by atoms with E-state index in [1.807, 2.05) is 6.07 Å². The van der Waals surface area contributed by atoms with Crippen LogP contribution in [0.5, 0.6) is 0 Å². The molecule has 1 unspecified atom stereocenters. The van der Waals surface area contributed by atoms with Crippen LogP contribution in [0.2, 0.25) is 0 Å². The minimum absolute atomic E-state index is 0.190. The Balaban J connectivity index is 1.81. The average Bonchev–Trinajstić information content (AvgIpc) is 2.98. The van der Waals surface area contributed by atoms with Crippen LogP contribution in [0.3, 0.4) is 0 Å². The number of nitrogens with two attached hydrogens (primary N) is 1. The highest BCUT2D eigenvalue weighted by molar-refractivity contribution is 5.87. The van der Waals surface area contributed by atoms with Gasteiger partial charge in [-0.3, -0.25) is 0 Å². The van der Waals surface area contributed by atoms with Gasteiger partial charge < -0.3 is 5.73 Å². The van der Waals surface area contributed by atoms with Crippen LogP contribution in [0.25, 0.3) is 22.3 Å². The van der Waals surface area contributed by atoms with Crippen LogP contribution in [0.15, 0.2) is 97.1 Å². The Morgan fingerprint density at radius 2 is 1.30 bits per heavy atom. The summed E-state index contributed by atoms with van der Waals surface area (Å²) in [6.07, 6.45) is 0. The summed E-state index contributed by atoms with van der Waals surface area (Å²) in [6, 6.07) is 34.5. The number of anilines is 1. The highest BCUT2D eigenvalue weighted by Crippen LogP contribution is 2.53. The van der Waals surface area contributed by atoms with Crippen molar-refractivity contribution in [3.63, 3.8) is 0 Å². The van der Waals surface area contributed by atoms with Gasteiger partial charge in [0.1, 0.15) is 0 Å². The molecule has 1 aliphatic rings. The molecule has 0 bridgehead atoms. The van der Waals surface area contributed by atoms with Crippen molar-refractivity contribution in [2.45, 2.75) is 12.3 Å². The molecule has 0 saturated heterocycles. The third-order valence-corrected chi connectivity index (χ3v) is 5.89. The lowest BCUT2D eigenvalue weighted by Gasteiger charge is -2.28. The van der Waals surface area contributed by atoms with E-state index < -0.39 is 0 Å². The fourth-order valence-electron chi connectivity index (χ4n) is 4.45. The third-order valence-electron chi connectivity index (χ3n) is 5.89. The summed E-state index contributed by atoms with van der Waals surface area (Å²) in [7, 11) is 0. The molecule has 2 N–H and O–H groups in total. The minimum Gasteiger partial charge on any atom is -0.399 e. The molecule has 0 saturated carbocycles. The van der Waals surface area contributed by atoms with Gasteiger partial charge in [0.25, 0.3) is 0 Å². The molecule has 0 aliphatic heterocycles. The topological polar surface area (TPSA) is 26.0 Å². The lowest BCUT2D eigenvalue weighted by atomic mass is 9.74. The molecular formula is C26H21N. The number of fused-ring (bicyclic) bond motifs is 3. The fourth-order valence-corrected chi connectivity index (χ4v) is 4.45. The third kappa shape index (κ3) is 2.32. The molecule has 4 aromatic rings. The molecule has 0 fully saturated rings. The van der Waals surface area contributed by atoms with Crippen molar-refractivity contribution < 1.29 is 0 Å². The van der Waals surface area contributed by atoms with Gasteiger partial charge in [0.05, 0.1) is 0 Å². The Morgan fingerprint density at radius 1 is 0.593 bits per heavy atom. The van der Waals surface area contributed by atoms with Crippen LogP contribution in [-0.4, -0.2) is 0 Å². The first-order valence-corrected chi connectivity index (χ1v) is 9.34.